The Kier molecular flexibility index (Phi) is 4.61. The number of fused-ring (bicyclic) bond motifs is 1. The second-order valence-electron chi connectivity index (χ2n) is 3.73. The lowest BCUT2D eigenvalue weighted by atomic mass is 10.1. The smallest absolute Gasteiger partial charge is 0.236 e. The molecule has 96 valence electrons. The summed E-state index contributed by atoms with van der Waals surface area (Å²) in [7, 11) is 0. The van der Waals surface area contributed by atoms with Crippen LogP contribution >= 0.6 is 34.7 Å². The first-order valence-electron chi connectivity index (χ1n) is 5.10. The van der Waals surface area contributed by atoms with Gasteiger partial charge in [0.2, 0.25) is 10.4 Å². The van der Waals surface area contributed by atoms with Gasteiger partial charge >= 0.3 is 0 Å². The van der Waals surface area contributed by atoms with Crippen molar-refractivity contribution in [3.63, 3.8) is 0 Å². The molecule has 1 aromatic heterocycles. The molecule has 2 atom stereocenters. The molecular formula is C12H11ClO2S3. The van der Waals surface area contributed by atoms with Crippen LogP contribution < -0.4 is 0 Å². The van der Waals surface area contributed by atoms with Gasteiger partial charge in [-0.3, -0.25) is 4.79 Å². The quantitative estimate of drug-likeness (QED) is 0.636. The summed E-state index contributed by atoms with van der Waals surface area (Å²) in [5.74, 6) is -0.0642. The lowest BCUT2D eigenvalue weighted by Crippen LogP contribution is -2.25. The van der Waals surface area contributed by atoms with Crippen LogP contribution in [0.15, 0.2) is 23.6 Å². The average molecular weight is 319 g/mol. The van der Waals surface area contributed by atoms with Gasteiger partial charge in [0.05, 0.1) is 11.1 Å². The zero-order valence-electron chi connectivity index (χ0n) is 9.81. The minimum absolute atomic E-state index is 0.0642. The molecule has 2 nitrogen and oxygen atoms in total. The van der Waals surface area contributed by atoms with Crippen LogP contribution in [0.5, 0.6) is 0 Å². The van der Waals surface area contributed by atoms with Crippen LogP contribution in [-0.2, 0) is 11.2 Å². The van der Waals surface area contributed by atoms with Gasteiger partial charge in [-0.05, 0) is 40.3 Å². The molecule has 0 aliphatic rings. The first-order chi connectivity index (χ1) is 8.54. The topological polar surface area (TPSA) is 40.1 Å². The molecule has 0 bridgehead atoms. The lowest BCUT2D eigenvalue weighted by Gasteiger charge is -2.14. The van der Waals surface area contributed by atoms with Gasteiger partial charge in [-0.1, -0.05) is 17.7 Å². The molecule has 2 rings (SSSR count). The largest absolute Gasteiger partial charge is 0.615 e. The molecule has 0 saturated heterocycles. The number of hydrogen-bond donors (Lipinski definition) is 0. The van der Waals surface area contributed by atoms with E-state index in [-0.39, 0.29) is 5.78 Å². The Morgan fingerprint density at radius 2 is 2.28 bits per heavy atom. The third-order valence-electron chi connectivity index (χ3n) is 2.52. The van der Waals surface area contributed by atoms with E-state index in [9.17, 15) is 9.35 Å². The molecule has 0 aliphatic carbocycles. The number of ketones is 1. The summed E-state index contributed by atoms with van der Waals surface area (Å²) in [5.41, 5.74) is 0. The first kappa shape index (κ1) is 14.2. The second kappa shape index (κ2) is 5.84. The van der Waals surface area contributed by atoms with E-state index in [1.807, 2.05) is 17.5 Å². The number of carbonyl (C=O) groups excluding carboxylic acids is 1. The standard InChI is InChI=1S/C12H11ClO2S3/c1-16-12(18(2)15)10(14)11-9-4-3-8(13)5-7(9)6-17-11/h3-6,12H,1-2H3. The van der Waals surface area contributed by atoms with Crippen molar-refractivity contribution < 1.29 is 9.35 Å². The summed E-state index contributed by atoms with van der Waals surface area (Å²) in [4.78, 5) is 13.0. The molecule has 1 aromatic carbocycles. The lowest BCUT2D eigenvalue weighted by molar-refractivity contribution is 0.101. The summed E-state index contributed by atoms with van der Waals surface area (Å²) in [6, 6.07) is 5.45. The highest BCUT2D eigenvalue weighted by Gasteiger charge is 2.29. The van der Waals surface area contributed by atoms with E-state index in [2.05, 4.69) is 0 Å². The van der Waals surface area contributed by atoms with Gasteiger partial charge in [0.1, 0.15) is 0 Å². The summed E-state index contributed by atoms with van der Waals surface area (Å²) < 4.78 is 11.1. The molecule has 1 heterocycles. The van der Waals surface area contributed by atoms with Crippen molar-refractivity contribution in [1.82, 2.24) is 0 Å². The van der Waals surface area contributed by atoms with E-state index in [1.54, 1.807) is 18.6 Å². The highest BCUT2D eigenvalue weighted by atomic mass is 35.5. The van der Waals surface area contributed by atoms with Crippen LogP contribution in [-0.4, -0.2) is 27.4 Å². The highest BCUT2D eigenvalue weighted by molar-refractivity contribution is 8.14. The van der Waals surface area contributed by atoms with E-state index in [0.717, 1.165) is 10.8 Å². The van der Waals surface area contributed by atoms with Crippen molar-refractivity contribution in [2.75, 3.05) is 12.5 Å². The molecule has 0 saturated carbocycles. The summed E-state index contributed by atoms with van der Waals surface area (Å²) in [6.45, 7) is 0. The van der Waals surface area contributed by atoms with E-state index in [0.29, 0.717) is 9.90 Å². The molecule has 0 N–H and O–H groups in total. The minimum Gasteiger partial charge on any atom is -0.615 e. The van der Waals surface area contributed by atoms with Gasteiger partial charge in [-0.2, -0.15) is 0 Å². The minimum atomic E-state index is -1.17. The van der Waals surface area contributed by atoms with Crippen LogP contribution in [0.25, 0.3) is 10.8 Å². The molecule has 18 heavy (non-hydrogen) atoms. The van der Waals surface area contributed by atoms with Crippen molar-refractivity contribution in [2.24, 2.45) is 0 Å². The van der Waals surface area contributed by atoms with Crippen LogP contribution in [0, 0.1) is 0 Å². The number of thioether (sulfide) groups is 1. The van der Waals surface area contributed by atoms with Crippen molar-refractivity contribution in [1.29, 1.82) is 0 Å². The van der Waals surface area contributed by atoms with Crippen LogP contribution in [0.3, 0.4) is 0 Å². The summed E-state index contributed by atoms with van der Waals surface area (Å²) in [6.07, 6.45) is 3.36. The molecule has 0 aliphatic heterocycles. The zero-order valence-corrected chi connectivity index (χ0v) is 13.0. The van der Waals surface area contributed by atoms with Gasteiger partial charge in [-0.15, -0.1) is 23.1 Å². The fraction of sp³-hybridized carbons (Fsp3) is 0.250. The van der Waals surface area contributed by atoms with Crippen molar-refractivity contribution in [3.8, 4) is 0 Å². The molecule has 2 aromatic rings. The monoisotopic (exact) mass is 318 g/mol. The van der Waals surface area contributed by atoms with Gasteiger partial charge < -0.3 is 4.55 Å². The number of thiophene rings is 1. The van der Waals surface area contributed by atoms with E-state index < -0.39 is 15.8 Å². The molecular weight excluding hydrogens is 308 g/mol. The SMILES string of the molecule is CSC(C(=O)c1scc2cc(Cl)ccc12)[S+](C)[O-]. The van der Waals surface area contributed by atoms with E-state index in [1.165, 1.54) is 23.1 Å². The van der Waals surface area contributed by atoms with Crippen LogP contribution in [0.4, 0.5) is 0 Å². The van der Waals surface area contributed by atoms with Gasteiger partial charge in [0.25, 0.3) is 0 Å². The van der Waals surface area contributed by atoms with E-state index in [4.69, 9.17) is 11.6 Å². The fourth-order valence-electron chi connectivity index (χ4n) is 1.71. The van der Waals surface area contributed by atoms with Gasteiger partial charge in [0, 0.05) is 10.4 Å². The first-order valence-corrected chi connectivity index (χ1v) is 9.27. The third-order valence-corrected chi connectivity index (χ3v) is 6.63. The van der Waals surface area contributed by atoms with Crippen LogP contribution in [0.1, 0.15) is 9.67 Å². The average Bonchev–Trinajstić information content (AvgIpc) is 2.71. The third kappa shape index (κ3) is 2.70. The molecule has 0 fully saturated rings. The highest BCUT2D eigenvalue weighted by Crippen LogP contribution is 2.31. The molecule has 2 unspecified atom stereocenters. The fourth-order valence-corrected chi connectivity index (χ4v) is 4.87. The number of halogens is 1. The van der Waals surface area contributed by atoms with Crippen molar-refractivity contribution >= 4 is 62.4 Å². The molecule has 6 heteroatoms. The summed E-state index contributed by atoms with van der Waals surface area (Å²) in [5, 5.41) is 4.40. The Hall–Kier alpha value is -0.200. The Labute approximate surface area is 122 Å². The number of Topliss-reactive ketones (excluding diaryl/α,β-unsaturated/α-hetero) is 1. The summed E-state index contributed by atoms with van der Waals surface area (Å²) >= 11 is 7.46. The maximum absolute atomic E-state index is 12.3. The number of carbonyl (C=O) groups is 1. The maximum Gasteiger partial charge on any atom is 0.236 e. The normalized spacial score (nSPS) is 14.7. The van der Waals surface area contributed by atoms with Crippen LogP contribution in [0.2, 0.25) is 5.02 Å². The van der Waals surface area contributed by atoms with Crippen molar-refractivity contribution in [2.45, 2.75) is 4.58 Å². The Morgan fingerprint density at radius 3 is 2.89 bits per heavy atom. The zero-order chi connectivity index (χ0) is 13.3. The predicted molar refractivity (Wildman–Crippen MR) is 82.5 cm³/mol. The predicted octanol–water partition coefficient (Wildman–Crippen LogP) is 3.81. The molecule has 0 spiro atoms. The van der Waals surface area contributed by atoms with Gasteiger partial charge in [0.15, 0.2) is 0 Å². The Bertz CT molecular complexity index is 580. The molecule has 0 radical (unpaired) electrons. The van der Waals surface area contributed by atoms with Gasteiger partial charge in [-0.25, -0.2) is 0 Å². The van der Waals surface area contributed by atoms with Crippen molar-refractivity contribution in [3.05, 3.63) is 33.5 Å². The Morgan fingerprint density at radius 1 is 1.56 bits per heavy atom. The second-order valence-corrected chi connectivity index (χ2v) is 7.75. The molecule has 0 amide bonds. The number of rotatable bonds is 4. The van der Waals surface area contributed by atoms with E-state index >= 15 is 0 Å². The number of hydrogen-bond acceptors (Lipinski definition) is 4. The number of benzene rings is 1. The Balaban J connectivity index is 2.45. The maximum atomic E-state index is 12.3.